The van der Waals surface area contributed by atoms with Crippen LogP contribution in [-0.2, 0) is 9.59 Å². The van der Waals surface area contributed by atoms with Crippen LogP contribution >= 0.6 is 11.8 Å². The zero-order valence-electron chi connectivity index (χ0n) is 14.8. The smallest absolute Gasteiger partial charge is 0.276 e. The highest BCUT2D eigenvalue weighted by molar-refractivity contribution is 8.00. The lowest BCUT2D eigenvalue weighted by atomic mass is 10.2. The van der Waals surface area contributed by atoms with E-state index in [-0.39, 0.29) is 18.3 Å². The van der Waals surface area contributed by atoms with Gasteiger partial charge in [-0.1, -0.05) is 12.1 Å². The molecule has 1 aliphatic heterocycles. The van der Waals surface area contributed by atoms with E-state index in [9.17, 15) is 9.59 Å². The van der Waals surface area contributed by atoms with Crippen molar-refractivity contribution in [2.45, 2.75) is 4.90 Å². The van der Waals surface area contributed by atoms with Crippen LogP contribution in [0.4, 0.5) is 0 Å². The van der Waals surface area contributed by atoms with E-state index in [1.165, 1.54) is 11.8 Å². The van der Waals surface area contributed by atoms with Crippen LogP contribution in [-0.4, -0.2) is 37.4 Å². The number of para-hydroxylation sites is 1. The fraction of sp³-hybridized carbons (Fsp3) is 0.211. The summed E-state index contributed by atoms with van der Waals surface area (Å²) in [5, 5.41) is 8.97. The molecular formula is C19H17N3O5S. The molecule has 144 valence electrons. The van der Waals surface area contributed by atoms with E-state index in [1.54, 1.807) is 30.3 Å². The first-order valence-electron chi connectivity index (χ1n) is 8.38. The summed E-state index contributed by atoms with van der Waals surface area (Å²) in [7, 11) is 0. The number of hydrogen-bond acceptors (Lipinski definition) is 7. The molecule has 0 bridgehead atoms. The van der Waals surface area contributed by atoms with Crippen molar-refractivity contribution < 1.29 is 23.8 Å². The average Bonchev–Trinajstić information content (AvgIpc) is 2.74. The Morgan fingerprint density at radius 1 is 1.07 bits per heavy atom. The van der Waals surface area contributed by atoms with Crippen molar-refractivity contribution in [1.82, 2.24) is 10.9 Å². The highest BCUT2D eigenvalue weighted by Crippen LogP contribution is 2.34. The van der Waals surface area contributed by atoms with Gasteiger partial charge in [-0.25, -0.2) is 0 Å². The van der Waals surface area contributed by atoms with E-state index in [1.807, 2.05) is 18.2 Å². The first-order valence-corrected chi connectivity index (χ1v) is 9.36. The predicted molar refractivity (Wildman–Crippen MR) is 101 cm³/mol. The number of thioether (sulfide) groups is 1. The van der Waals surface area contributed by atoms with Crippen LogP contribution in [0.2, 0.25) is 0 Å². The summed E-state index contributed by atoms with van der Waals surface area (Å²) < 4.78 is 16.2. The number of nitriles is 1. The largest absolute Gasteiger partial charge is 0.486 e. The molecule has 0 fully saturated rings. The fourth-order valence-electron chi connectivity index (χ4n) is 2.30. The van der Waals surface area contributed by atoms with E-state index in [4.69, 9.17) is 19.5 Å². The number of carbonyl (C=O) groups excluding carboxylic acids is 2. The summed E-state index contributed by atoms with van der Waals surface area (Å²) in [6, 6.07) is 14.0. The van der Waals surface area contributed by atoms with Gasteiger partial charge in [0.25, 0.3) is 5.91 Å². The van der Waals surface area contributed by atoms with Crippen LogP contribution in [0.15, 0.2) is 47.4 Å². The summed E-state index contributed by atoms with van der Waals surface area (Å²) in [6.07, 6.45) is 0. The Bertz CT molecular complexity index is 913. The minimum atomic E-state index is -0.537. The Morgan fingerprint density at radius 2 is 1.82 bits per heavy atom. The zero-order valence-corrected chi connectivity index (χ0v) is 15.6. The number of rotatable bonds is 6. The number of ether oxygens (including phenoxy) is 3. The molecule has 0 spiro atoms. The quantitative estimate of drug-likeness (QED) is 0.561. The molecule has 28 heavy (non-hydrogen) atoms. The third-order valence-corrected chi connectivity index (χ3v) is 4.58. The highest BCUT2D eigenvalue weighted by atomic mass is 32.2. The van der Waals surface area contributed by atoms with Gasteiger partial charge in [0.2, 0.25) is 5.91 Å². The Hall–Kier alpha value is -3.38. The third-order valence-electron chi connectivity index (χ3n) is 3.59. The number of nitrogens with zero attached hydrogens (tertiary/aromatic N) is 1. The van der Waals surface area contributed by atoms with Crippen molar-refractivity contribution in [2.24, 2.45) is 0 Å². The second-order valence-corrected chi connectivity index (χ2v) is 6.64. The maximum absolute atomic E-state index is 11.9. The lowest BCUT2D eigenvalue weighted by molar-refractivity contribution is -0.128. The van der Waals surface area contributed by atoms with Gasteiger partial charge in [-0.05, 0) is 30.3 Å². The van der Waals surface area contributed by atoms with Crippen LogP contribution in [0, 0.1) is 11.3 Å². The van der Waals surface area contributed by atoms with E-state index >= 15 is 0 Å². The van der Waals surface area contributed by atoms with Crippen molar-refractivity contribution in [3.63, 3.8) is 0 Å². The lowest BCUT2D eigenvalue weighted by Crippen LogP contribution is -2.44. The Labute approximate surface area is 165 Å². The van der Waals surface area contributed by atoms with Crippen LogP contribution in [0.25, 0.3) is 0 Å². The van der Waals surface area contributed by atoms with Gasteiger partial charge >= 0.3 is 0 Å². The van der Waals surface area contributed by atoms with Gasteiger partial charge in [0.1, 0.15) is 25.0 Å². The Morgan fingerprint density at radius 3 is 2.64 bits per heavy atom. The van der Waals surface area contributed by atoms with E-state index in [2.05, 4.69) is 10.9 Å². The molecule has 1 aliphatic rings. The first kappa shape index (κ1) is 19.4. The molecule has 2 N–H and O–H groups in total. The number of fused-ring (bicyclic) bond motifs is 1. The number of hydrogen-bond donors (Lipinski definition) is 2. The maximum Gasteiger partial charge on any atom is 0.276 e. The van der Waals surface area contributed by atoms with Crippen LogP contribution in [0.5, 0.6) is 17.2 Å². The molecule has 2 amide bonds. The third kappa shape index (κ3) is 5.31. The first-order chi connectivity index (χ1) is 13.7. The van der Waals surface area contributed by atoms with Gasteiger partial charge in [0.05, 0.1) is 11.3 Å². The van der Waals surface area contributed by atoms with Gasteiger partial charge in [-0.3, -0.25) is 20.4 Å². The van der Waals surface area contributed by atoms with Crippen LogP contribution in [0.3, 0.4) is 0 Å². The average molecular weight is 399 g/mol. The van der Waals surface area contributed by atoms with Gasteiger partial charge in [0.15, 0.2) is 18.1 Å². The molecule has 2 aromatic rings. The second-order valence-electron chi connectivity index (χ2n) is 5.59. The Kier molecular flexibility index (Phi) is 6.59. The molecular weight excluding hydrogens is 382 g/mol. The van der Waals surface area contributed by atoms with Crippen molar-refractivity contribution >= 4 is 23.6 Å². The number of carbonyl (C=O) groups is 2. The van der Waals surface area contributed by atoms with E-state index in [0.717, 1.165) is 4.90 Å². The van der Waals surface area contributed by atoms with Gasteiger partial charge in [0, 0.05) is 4.90 Å². The SMILES string of the molecule is N#Cc1ccccc1OCC(=O)NNC(=O)CSc1ccc2c(c1)OCCO2. The molecule has 0 saturated carbocycles. The van der Waals surface area contributed by atoms with Crippen molar-refractivity contribution in [3.8, 4) is 23.3 Å². The van der Waals surface area contributed by atoms with Gasteiger partial charge in [-0.15, -0.1) is 11.8 Å². The zero-order chi connectivity index (χ0) is 19.8. The molecule has 0 aliphatic carbocycles. The van der Waals surface area contributed by atoms with Gasteiger partial charge in [-0.2, -0.15) is 5.26 Å². The number of nitrogens with one attached hydrogen (secondary N) is 2. The van der Waals surface area contributed by atoms with Crippen molar-refractivity contribution in [3.05, 3.63) is 48.0 Å². The highest BCUT2D eigenvalue weighted by Gasteiger charge is 2.13. The number of benzene rings is 2. The van der Waals surface area contributed by atoms with E-state index < -0.39 is 5.91 Å². The number of amides is 2. The minimum absolute atomic E-state index is 0.109. The normalized spacial score (nSPS) is 11.8. The lowest BCUT2D eigenvalue weighted by Gasteiger charge is -2.18. The topological polar surface area (TPSA) is 110 Å². The summed E-state index contributed by atoms with van der Waals surface area (Å²) in [5.41, 5.74) is 4.92. The molecule has 9 heteroatoms. The van der Waals surface area contributed by atoms with Crippen molar-refractivity contribution in [2.75, 3.05) is 25.6 Å². The van der Waals surface area contributed by atoms with Crippen molar-refractivity contribution in [1.29, 1.82) is 5.26 Å². The van der Waals surface area contributed by atoms with Crippen LogP contribution < -0.4 is 25.1 Å². The van der Waals surface area contributed by atoms with Gasteiger partial charge < -0.3 is 14.2 Å². The summed E-state index contributed by atoms with van der Waals surface area (Å²) in [6.45, 7) is 0.691. The molecule has 0 radical (unpaired) electrons. The van der Waals surface area contributed by atoms with Crippen LogP contribution in [0.1, 0.15) is 5.56 Å². The molecule has 0 aromatic heterocycles. The summed E-state index contributed by atoms with van der Waals surface area (Å²) >= 11 is 1.30. The molecule has 1 heterocycles. The minimum Gasteiger partial charge on any atom is -0.486 e. The van der Waals surface area contributed by atoms with E-state index in [0.29, 0.717) is 36.0 Å². The fourth-order valence-corrected chi connectivity index (χ4v) is 3.03. The summed E-state index contributed by atoms with van der Waals surface area (Å²) in [5.74, 6) is 0.847. The number of hydrazine groups is 1. The molecule has 0 unspecified atom stereocenters. The molecule has 2 aromatic carbocycles. The second kappa shape index (κ2) is 9.53. The predicted octanol–water partition coefficient (Wildman–Crippen LogP) is 1.65. The maximum atomic E-state index is 11.9. The molecule has 0 saturated heterocycles. The molecule has 8 nitrogen and oxygen atoms in total. The summed E-state index contributed by atoms with van der Waals surface area (Å²) in [4.78, 5) is 24.5. The monoisotopic (exact) mass is 399 g/mol. The standard InChI is InChI=1S/C19H17N3O5S/c20-10-13-3-1-2-4-15(13)27-11-18(23)21-22-19(24)12-28-14-5-6-16-17(9-14)26-8-7-25-16/h1-6,9H,7-8,11-12H2,(H,21,23)(H,22,24). The Balaban J connectivity index is 1.39. The molecule has 3 rings (SSSR count). The molecule has 0 atom stereocenters.